The number of aromatic nitrogens is 1. The fourth-order valence-corrected chi connectivity index (χ4v) is 4.51. The third kappa shape index (κ3) is 2.15. The highest BCUT2D eigenvalue weighted by molar-refractivity contribution is 7.90. The first-order valence-corrected chi connectivity index (χ1v) is 8.77. The smallest absolute Gasteiger partial charge is 0.246 e. The third-order valence-electron chi connectivity index (χ3n) is 4.46. The van der Waals surface area contributed by atoms with Gasteiger partial charge in [0.05, 0.1) is 16.4 Å². The highest BCUT2D eigenvalue weighted by atomic mass is 32.2. The van der Waals surface area contributed by atoms with Gasteiger partial charge in [0.1, 0.15) is 0 Å². The van der Waals surface area contributed by atoms with Gasteiger partial charge in [0, 0.05) is 11.9 Å². The zero-order chi connectivity index (χ0) is 16.0. The molecule has 5 heteroatoms. The van der Waals surface area contributed by atoms with Crippen molar-refractivity contribution in [2.45, 2.75) is 43.4 Å². The Balaban J connectivity index is 2.15. The fraction of sp³-hybridized carbons (Fsp3) is 0.353. The van der Waals surface area contributed by atoms with Crippen LogP contribution in [0.4, 0.5) is 0 Å². The van der Waals surface area contributed by atoms with Crippen molar-refractivity contribution in [3.8, 4) is 6.07 Å². The SMILES string of the molecule is Cc1ccc(S(=O)(=O)n2ccc3c2CCCC3(C)C#N)cc1. The zero-order valence-corrected chi connectivity index (χ0v) is 13.5. The molecule has 0 spiro atoms. The van der Waals surface area contributed by atoms with Crippen molar-refractivity contribution in [3.63, 3.8) is 0 Å². The maximum Gasteiger partial charge on any atom is 0.267 e. The Labute approximate surface area is 131 Å². The molecule has 0 saturated carbocycles. The van der Waals surface area contributed by atoms with Crippen molar-refractivity contribution in [2.24, 2.45) is 0 Å². The monoisotopic (exact) mass is 314 g/mol. The van der Waals surface area contributed by atoms with Crippen molar-refractivity contribution in [1.29, 1.82) is 5.26 Å². The summed E-state index contributed by atoms with van der Waals surface area (Å²) in [5.74, 6) is 0. The van der Waals surface area contributed by atoms with Crippen LogP contribution in [0.1, 0.15) is 36.6 Å². The summed E-state index contributed by atoms with van der Waals surface area (Å²) in [6.45, 7) is 3.81. The summed E-state index contributed by atoms with van der Waals surface area (Å²) < 4.78 is 27.1. The van der Waals surface area contributed by atoms with Gasteiger partial charge in [-0.25, -0.2) is 12.4 Å². The van der Waals surface area contributed by atoms with Crippen LogP contribution in [0.2, 0.25) is 0 Å². The fourth-order valence-electron chi connectivity index (χ4n) is 3.10. The lowest BCUT2D eigenvalue weighted by atomic mass is 9.75. The maximum absolute atomic E-state index is 12.9. The van der Waals surface area contributed by atoms with E-state index in [4.69, 9.17) is 0 Å². The summed E-state index contributed by atoms with van der Waals surface area (Å²) in [5, 5.41) is 9.45. The second-order valence-corrected chi connectivity index (χ2v) is 7.90. The molecular weight excluding hydrogens is 296 g/mol. The Morgan fingerprint density at radius 1 is 1.23 bits per heavy atom. The van der Waals surface area contributed by atoms with Crippen LogP contribution in [0, 0.1) is 18.3 Å². The van der Waals surface area contributed by atoms with E-state index in [1.54, 1.807) is 36.5 Å². The molecule has 0 bridgehead atoms. The van der Waals surface area contributed by atoms with Crippen LogP contribution in [0.5, 0.6) is 0 Å². The summed E-state index contributed by atoms with van der Waals surface area (Å²) in [6.07, 6.45) is 3.86. The van der Waals surface area contributed by atoms with Gasteiger partial charge in [-0.1, -0.05) is 17.7 Å². The van der Waals surface area contributed by atoms with Crippen LogP contribution in [-0.4, -0.2) is 12.4 Å². The molecule has 1 aliphatic rings. The summed E-state index contributed by atoms with van der Waals surface area (Å²) in [5.41, 5.74) is 2.01. The van der Waals surface area contributed by atoms with E-state index >= 15 is 0 Å². The number of nitriles is 1. The second kappa shape index (κ2) is 4.99. The van der Waals surface area contributed by atoms with Gasteiger partial charge in [-0.2, -0.15) is 5.26 Å². The predicted octanol–water partition coefficient (Wildman–Crippen LogP) is 3.15. The average molecular weight is 314 g/mol. The molecule has 1 unspecified atom stereocenters. The van der Waals surface area contributed by atoms with Gasteiger partial charge in [-0.15, -0.1) is 0 Å². The molecule has 2 aromatic rings. The second-order valence-electron chi connectivity index (χ2n) is 6.09. The molecule has 4 nitrogen and oxygen atoms in total. The Morgan fingerprint density at radius 3 is 2.55 bits per heavy atom. The molecule has 0 amide bonds. The van der Waals surface area contributed by atoms with E-state index in [1.165, 1.54) is 3.97 Å². The van der Waals surface area contributed by atoms with Gasteiger partial charge < -0.3 is 0 Å². The first kappa shape index (κ1) is 14.9. The molecule has 22 heavy (non-hydrogen) atoms. The molecule has 0 fully saturated rings. The molecule has 114 valence electrons. The normalized spacial score (nSPS) is 21.1. The van der Waals surface area contributed by atoms with E-state index in [2.05, 4.69) is 6.07 Å². The van der Waals surface area contributed by atoms with Gasteiger partial charge in [0.25, 0.3) is 10.0 Å². The molecule has 0 N–H and O–H groups in total. The molecule has 3 rings (SSSR count). The Morgan fingerprint density at radius 2 is 1.91 bits per heavy atom. The van der Waals surface area contributed by atoms with Crippen molar-refractivity contribution in [2.75, 3.05) is 0 Å². The van der Waals surface area contributed by atoms with Gasteiger partial charge >= 0.3 is 0 Å². The molecule has 0 aliphatic heterocycles. The molecule has 1 aromatic carbocycles. The largest absolute Gasteiger partial charge is 0.267 e. The standard InChI is InChI=1S/C17H18N2O2S/c1-13-5-7-14(8-6-13)22(20,21)19-11-9-15-16(19)4-3-10-17(15,2)12-18/h5-9,11H,3-4,10H2,1-2H3. The lowest BCUT2D eigenvalue weighted by molar-refractivity contribution is 0.486. The Bertz CT molecular complexity index is 857. The Hall–Kier alpha value is -2.06. The molecule has 0 radical (unpaired) electrons. The minimum atomic E-state index is -3.61. The van der Waals surface area contributed by atoms with Crippen molar-refractivity contribution >= 4 is 10.0 Å². The quantitative estimate of drug-likeness (QED) is 0.855. The van der Waals surface area contributed by atoms with E-state index in [0.717, 1.165) is 29.7 Å². The number of fused-ring (bicyclic) bond motifs is 1. The summed E-state index contributed by atoms with van der Waals surface area (Å²) in [7, 11) is -3.61. The van der Waals surface area contributed by atoms with Crippen LogP contribution in [0.15, 0.2) is 41.4 Å². The first-order chi connectivity index (χ1) is 10.4. The zero-order valence-electron chi connectivity index (χ0n) is 12.7. The topological polar surface area (TPSA) is 62.9 Å². The number of rotatable bonds is 2. The summed E-state index contributed by atoms with van der Waals surface area (Å²) in [4.78, 5) is 0.278. The first-order valence-electron chi connectivity index (χ1n) is 7.33. The minimum absolute atomic E-state index is 0.278. The number of nitrogens with zero attached hydrogens (tertiary/aromatic N) is 2. The molecule has 1 aromatic heterocycles. The van der Waals surface area contributed by atoms with Gasteiger partial charge in [-0.3, -0.25) is 0 Å². The molecule has 1 atom stereocenters. The molecule has 0 saturated heterocycles. The predicted molar refractivity (Wildman–Crippen MR) is 84.1 cm³/mol. The number of hydrogen-bond donors (Lipinski definition) is 0. The van der Waals surface area contributed by atoms with Crippen molar-refractivity contribution < 1.29 is 8.42 Å². The number of aryl methyl sites for hydroxylation is 1. The van der Waals surface area contributed by atoms with Gasteiger partial charge in [0.2, 0.25) is 0 Å². The average Bonchev–Trinajstić information content (AvgIpc) is 2.94. The van der Waals surface area contributed by atoms with Crippen LogP contribution in [-0.2, 0) is 21.9 Å². The van der Waals surface area contributed by atoms with Gasteiger partial charge in [-0.05, 0) is 56.9 Å². The van der Waals surface area contributed by atoms with Crippen molar-refractivity contribution in [3.05, 3.63) is 53.3 Å². The van der Waals surface area contributed by atoms with Crippen LogP contribution in [0.3, 0.4) is 0 Å². The van der Waals surface area contributed by atoms with E-state index < -0.39 is 15.4 Å². The van der Waals surface area contributed by atoms with E-state index in [-0.39, 0.29) is 4.90 Å². The lowest BCUT2D eigenvalue weighted by Gasteiger charge is -2.28. The highest BCUT2D eigenvalue weighted by Crippen LogP contribution is 2.38. The van der Waals surface area contributed by atoms with E-state index in [9.17, 15) is 13.7 Å². The number of benzene rings is 1. The summed E-state index contributed by atoms with van der Waals surface area (Å²) >= 11 is 0. The molecule has 1 aliphatic carbocycles. The van der Waals surface area contributed by atoms with Crippen LogP contribution >= 0.6 is 0 Å². The lowest BCUT2D eigenvalue weighted by Crippen LogP contribution is -2.27. The molecule has 1 heterocycles. The van der Waals surface area contributed by atoms with Crippen molar-refractivity contribution in [1.82, 2.24) is 3.97 Å². The molecular formula is C17H18N2O2S. The minimum Gasteiger partial charge on any atom is -0.246 e. The third-order valence-corrected chi connectivity index (χ3v) is 6.19. The van der Waals surface area contributed by atoms with E-state index in [1.807, 2.05) is 13.8 Å². The van der Waals surface area contributed by atoms with Crippen LogP contribution in [0.25, 0.3) is 0 Å². The Kier molecular flexibility index (Phi) is 3.37. The van der Waals surface area contributed by atoms with Crippen LogP contribution < -0.4 is 0 Å². The number of hydrogen-bond acceptors (Lipinski definition) is 3. The maximum atomic E-state index is 12.9. The van der Waals surface area contributed by atoms with Gasteiger partial charge in [0.15, 0.2) is 0 Å². The highest BCUT2D eigenvalue weighted by Gasteiger charge is 2.36. The van der Waals surface area contributed by atoms with E-state index in [0.29, 0.717) is 6.42 Å². The summed E-state index contributed by atoms with van der Waals surface area (Å²) in [6, 6.07) is 11.0.